The van der Waals surface area contributed by atoms with Gasteiger partial charge in [0.1, 0.15) is 12.4 Å². The van der Waals surface area contributed by atoms with Gasteiger partial charge in [0, 0.05) is 18.4 Å². The number of aromatic nitrogens is 3. The average Bonchev–Trinajstić information content (AvgIpc) is 3.30. The highest BCUT2D eigenvalue weighted by Gasteiger charge is 2.44. The Hall–Kier alpha value is -1.95. The third-order valence-corrected chi connectivity index (χ3v) is 4.79. The van der Waals surface area contributed by atoms with Crippen molar-refractivity contribution < 1.29 is 4.79 Å². The van der Waals surface area contributed by atoms with Crippen molar-refractivity contribution in [3.8, 4) is 0 Å². The zero-order valence-corrected chi connectivity index (χ0v) is 14.2. The molecule has 1 heterocycles. The molecular formula is C17H22N4OS. The van der Waals surface area contributed by atoms with Gasteiger partial charge in [-0.15, -0.1) is 0 Å². The van der Waals surface area contributed by atoms with Crippen molar-refractivity contribution in [1.29, 1.82) is 0 Å². The predicted octanol–water partition coefficient (Wildman–Crippen LogP) is 2.74. The Morgan fingerprint density at radius 3 is 2.78 bits per heavy atom. The zero-order chi connectivity index (χ0) is 16.3. The number of carbonyl (C=O) groups excluding carboxylic acids is 1. The lowest BCUT2D eigenvalue weighted by Crippen LogP contribution is -2.34. The van der Waals surface area contributed by atoms with Gasteiger partial charge in [0.2, 0.25) is 5.91 Å². The fraction of sp³-hybridized carbons (Fsp3) is 0.471. The fourth-order valence-electron chi connectivity index (χ4n) is 2.91. The molecule has 2 N–H and O–H groups in total. The molecule has 1 aliphatic rings. The van der Waals surface area contributed by atoms with Gasteiger partial charge in [0.15, 0.2) is 4.77 Å². The number of nitrogens with zero attached hydrogens (tertiary/aromatic N) is 2. The first-order valence-corrected chi connectivity index (χ1v) is 8.52. The molecule has 122 valence electrons. The summed E-state index contributed by atoms with van der Waals surface area (Å²) in [4.78, 5) is 12.3. The number of hydrogen-bond donors (Lipinski definition) is 2. The minimum absolute atomic E-state index is 0.0120. The highest BCUT2D eigenvalue weighted by atomic mass is 32.1. The first-order valence-electron chi connectivity index (χ1n) is 8.11. The van der Waals surface area contributed by atoms with Gasteiger partial charge < -0.3 is 5.32 Å². The second kappa shape index (κ2) is 6.66. The molecule has 1 aliphatic carbocycles. The first-order chi connectivity index (χ1) is 11.1. The van der Waals surface area contributed by atoms with Crippen LogP contribution in [0.3, 0.4) is 0 Å². The minimum atomic E-state index is -0.0120. The van der Waals surface area contributed by atoms with E-state index in [9.17, 15) is 4.79 Å². The Morgan fingerprint density at radius 2 is 2.13 bits per heavy atom. The molecule has 0 spiro atoms. The summed E-state index contributed by atoms with van der Waals surface area (Å²) >= 11 is 5.22. The van der Waals surface area contributed by atoms with E-state index in [-0.39, 0.29) is 17.9 Å². The van der Waals surface area contributed by atoms with E-state index in [1.54, 1.807) is 4.57 Å². The quantitative estimate of drug-likeness (QED) is 0.767. The van der Waals surface area contributed by atoms with E-state index in [2.05, 4.69) is 46.7 Å². The van der Waals surface area contributed by atoms with E-state index < -0.39 is 0 Å². The number of hydrogen-bond acceptors (Lipinski definition) is 3. The van der Waals surface area contributed by atoms with E-state index in [0.29, 0.717) is 11.3 Å². The van der Waals surface area contributed by atoms with E-state index >= 15 is 0 Å². The molecule has 0 aliphatic heterocycles. The van der Waals surface area contributed by atoms with E-state index in [0.717, 1.165) is 31.5 Å². The maximum Gasteiger partial charge on any atom is 0.240 e. The average molecular weight is 330 g/mol. The molecule has 0 unspecified atom stereocenters. The van der Waals surface area contributed by atoms with Crippen molar-refractivity contribution in [1.82, 2.24) is 20.1 Å². The second-order valence-electron chi connectivity index (χ2n) is 6.20. The highest BCUT2D eigenvalue weighted by molar-refractivity contribution is 7.71. The summed E-state index contributed by atoms with van der Waals surface area (Å²) in [5.41, 5.74) is 1.44. The van der Waals surface area contributed by atoms with Crippen molar-refractivity contribution in [3.05, 3.63) is 46.5 Å². The topological polar surface area (TPSA) is 62.7 Å². The standard InChI is InChI=1S/C17H22N4OS/c1-2-6-14-19-20-16(23)21(14)11-15(22)18-12-17(9-10-17)13-7-4-3-5-8-13/h3-5,7-8H,2,6,9-12H2,1H3,(H,18,22)(H,20,23). The van der Waals surface area contributed by atoms with Crippen molar-refractivity contribution in [2.45, 2.75) is 44.6 Å². The number of rotatable bonds is 7. The van der Waals surface area contributed by atoms with Gasteiger partial charge in [-0.1, -0.05) is 37.3 Å². The second-order valence-corrected chi connectivity index (χ2v) is 6.59. The number of H-pyrrole nitrogens is 1. The Balaban J connectivity index is 1.61. The molecule has 1 aromatic heterocycles. The fourth-order valence-corrected chi connectivity index (χ4v) is 3.12. The molecular weight excluding hydrogens is 308 g/mol. The monoisotopic (exact) mass is 330 g/mol. The van der Waals surface area contributed by atoms with Gasteiger partial charge in [-0.2, -0.15) is 5.10 Å². The molecule has 0 bridgehead atoms. The summed E-state index contributed by atoms with van der Waals surface area (Å²) in [7, 11) is 0. The molecule has 1 fully saturated rings. The van der Waals surface area contributed by atoms with Crippen LogP contribution in [-0.2, 0) is 23.2 Å². The van der Waals surface area contributed by atoms with Gasteiger partial charge in [-0.25, -0.2) is 0 Å². The predicted molar refractivity (Wildman–Crippen MR) is 91.8 cm³/mol. The van der Waals surface area contributed by atoms with Crippen LogP contribution in [0.25, 0.3) is 0 Å². The molecule has 1 aromatic carbocycles. The summed E-state index contributed by atoms with van der Waals surface area (Å²) in [5, 5.41) is 10.0. The van der Waals surface area contributed by atoms with Crippen LogP contribution in [0.2, 0.25) is 0 Å². The molecule has 1 amide bonds. The zero-order valence-electron chi connectivity index (χ0n) is 13.3. The third-order valence-electron chi connectivity index (χ3n) is 4.48. The molecule has 0 saturated heterocycles. The largest absolute Gasteiger partial charge is 0.354 e. The van der Waals surface area contributed by atoms with Crippen LogP contribution < -0.4 is 5.32 Å². The Labute approximate surface area is 141 Å². The maximum absolute atomic E-state index is 12.3. The molecule has 1 saturated carbocycles. The summed E-state index contributed by atoms with van der Waals surface area (Å²) in [6, 6.07) is 10.4. The highest BCUT2D eigenvalue weighted by Crippen LogP contribution is 2.47. The van der Waals surface area contributed by atoms with Crippen LogP contribution in [0.15, 0.2) is 30.3 Å². The molecule has 0 atom stereocenters. The lowest BCUT2D eigenvalue weighted by atomic mass is 9.96. The van der Waals surface area contributed by atoms with Crippen LogP contribution in [-0.4, -0.2) is 27.2 Å². The van der Waals surface area contributed by atoms with Gasteiger partial charge in [-0.05, 0) is 37.0 Å². The summed E-state index contributed by atoms with van der Waals surface area (Å²) in [6.07, 6.45) is 4.04. The van der Waals surface area contributed by atoms with Crippen molar-refractivity contribution in [2.24, 2.45) is 0 Å². The van der Waals surface area contributed by atoms with Gasteiger partial charge in [0.25, 0.3) is 0 Å². The van der Waals surface area contributed by atoms with Crippen molar-refractivity contribution in [3.63, 3.8) is 0 Å². The maximum atomic E-state index is 12.3. The van der Waals surface area contributed by atoms with Crippen LogP contribution in [0.1, 0.15) is 37.6 Å². The lowest BCUT2D eigenvalue weighted by molar-refractivity contribution is -0.121. The summed E-state index contributed by atoms with van der Waals surface area (Å²) < 4.78 is 2.30. The van der Waals surface area contributed by atoms with E-state index in [1.807, 2.05) is 6.07 Å². The van der Waals surface area contributed by atoms with Crippen LogP contribution >= 0.6 is 12.2 Å². The molecule has 6 heteroatoms. The lowest BCUT2D eigenvalue weighted by Gasteiger charge is -2.17. The van der Waals surface area contributed by atoms with Gasteiger partial charge in [0.05, 0.1) is 0 Å². The Morgan fingerprint density at radius 1 is 1.39 bits per heavy atom. The SMILES string of the molecule is CCCc1n[nH]c(=S)n1CC(=O)NCC1(c2ccccc2)CC1. The molecule has 0 radical (unpaired) electrons. The molecule has 23 heavy (non-hydrogen) atoms. The van der Waals surface area contributed by atoms with Crippen LogP contribution in [0.5, 0.6) is 0 Å². The summed E-state index contributed by atoms with van der Waals surface area (Å²) in [5.74, 6) is 0.832. The van der Waals surface area contributed by atoms with Gasteiger partial charge >= 0.3 is 0 Å². The number of aryl methyl sites for hydroxylation is 1. The minimum Gasteiger partial charge on any atom is -0.354 e. The van der Waals surface area contributed by atoms with Crippen molar-refractivity contribution >= 4 is 18.1 Å². The normalized spacial score (nSPS) is 15.3. The Bertz CT molecular complexity index is 731. The Kier molecular flexibility index (Phi) is 4.61. The van der Waals surface area contributed by atoms with Crippen LogP contribution in [0.4, 0.5) is 0 Å². The number of benzene rings is 1. The van der Waals surface area contributed by atoms with Crippen LogP contribution in [0, 0.1) is 4.77 Å². The number of carbonyl (C=O) groups is 1. The molecule has 2 aromatic rings. The van der Waals surface area contributed by atoms with Crippen molar-refractivity contribution in [2.75, 3.05) is 6.54 Å². The smallest absolute Gasteiger partial charge is 0.240 e. The number of nitrogens with one attached hydrogen (secondary N) is 2. The summed E-state index contributed by atoms with van der Waals surface area (Å²) in [6.45, 7) is 3.00. The molecule has 3 rings (SSSR count). The van der Waals surface area contributed by atoms with E-state index in [4.69, 9.17) is 12.2 Å². The van der Waals surface area contributed by atoms with Gasteiger partial charge in [-0.3, -0.25) is 14.5 Å². The molecule has 5 nitrogen and oxygen atoms in total. The third kappa shape index (κ3) is 3.52. The van der Waals surface area contributed by atoms with E-state index in [1.165, 1.54) is 5.56 Å². The first kappa shape index (κ1) is 15.9. The number of aromatic amines is 1. The number of amides is 1.